The normalized spacial score (nSPS) is 14.7. The lowest BCUT2D eigenvalue weighted by Gasteiger charge is -2.30. The number of ether oxygens (including phenoxy) is 2. The van der Waals surface area contributed by atoms with Crippen LogP contribution in [0.25, 0.3) is 0 Å². The zero-order valence-electron chi connectivity index (χ0n) is 18.8. The first-order valence-electron chi connectivity index (χ1n) is 10.4. The fourth-order valence-electron chi connectivity index (χ4n) is 3.81. The summed E-state index contributed by atoms with van der Waals surface area (Å²) < 4.78 is 10.6. The maximum absolute atomic E-state index is 12.4. The van der Waals surface area contributed by atoms with Gasteiger partial charge in [0, 0.05) is 0 Å². The summed E-state index contributed by atoms with van der Waals surface area (Å²) in [4.78, 5) is 24.7. The molecule has 0 amide bonds. The van der Waals surface area contributed by atoms with Gasteiger partial charge in [-0.05, 0) is 38.0 Å². The number of esters is 2. The average molecular weight is 387 g/mol. The summed E-state index contributed by atoms with van der Waals surface area (Å²) in [7, 11) is 0. The maximum atomic E-state index is 12.4. The molecule has 0 aliphatic heterocycles. The summed E-state index contributed by atoms with van der Waals surface area (Å²) in [5.74, 6) is -0.441. The summed E-state index contributed by atoms with van der Waals surface area (Å²) in [5.41, 5.74) is -0.629. The zero-order chi connectivity index (χ0) is 21.3. The molecule has 5 nitrogen and oxygen atoms in total. The highest BCUT2D eigenvalue weighted by molar-refractivity contribution is 5.76. The van der Waals surface area contributed by atoms with Crippen molar-refractivity contribution < 1.29 is 24.2 Å². The van der Waals surface area contributed by atoms with Gasteiger partial charge in [-0.3, -0.25) is 9.59 Å². The van der Waals surface area contributed by atoms with Crippen LogP contribution >= 0.6 is 0 Å². The molecule has 0 radical (unpaired) electrons. The van der Waals surface area contributed by atoms with Gasteiger partial charge >= 0.3 is 11.9 Å². The highest BCUT2D eigenvalue weighted by Crippen LogP contribution is 2.34. The van der Waals surface area contributed by atoms with Crippen molar-refractivity contribution in [1.82, 2.24) is 0 Å². The third kappa shape index (κ3) is 10.1. The van der Waals surface area contributed by atoms with Crippen LogP contribution in [0.15, 0.2) is 0 Å². The molecule has 1 N–H and O–H groups in total. The topological polar surface area (TPSA) is 72.8 Å². The molecule has 0 spiro atoms. The molecule has 0 saturated carbocycles. The Labute approximate surface area is 166 Å². The number of hydrogen-bond donors (Lipinski definition) is 1. The Kier molecular flexibility index (Phi) is 11.2. The van der Waals surface area contributed by atoms with Gasteiger partial charge < -0.3 is 14.6 Å². The van der Waals surface area contributed by atoms with Crippen molar-refractivity contribution >= 4 is 11.9 Å². The van der Waals surface area contributed by atoms with Gasteiger partial charge in [0.15, 0.2) is 0 Å². The first kappa shape index (κ1) is 25.9. The van der Waals surface area contributed by atoms with Crippen LogP contribution in [0, 0.1) is 22.7 Å². The van der Waals surface area contributed by atoms with Crippen molar-refractivity contribution in [3.05, 3.63) is 0 Å². The van der Waals surface area contributed by atoms with Crippen LogP contribution in [0.4, 0.5) is 0 Å². The second-order valence-electron chi connectivity index (χ2n) is 9.48. The molecule has 27 heavy (non-hydrogen) atoms. The SMILES string of the molecule is CCCC(C(=O)OCC(O)COC(=O)C(C)(C)CC(C)(C)C)C(CC)CC. The Morgan fingerprint density at radius 1 is 0.926 bits per heavy atom. The van der Waals surface area contributed by atoms with Crippen LogP contribution in [0.1, 0.15) is 87.5 Å². The summed E-state index contributed by atoms with van der Waals surface area (Å²) in [5, 5.41) is 10.1. The van der Waals surface area contributed by atoms with E-state index in [-0.39, 0.29) is 36.5 Å². The second kappa shape index (κ2) is 11.7. The predicted molar refractivity (Wildman–Crippen MR) is 108 cm³/mol. The van der Waals surface area contributed by atoms with E-state index < -0.39 is 11.5 Å². The molecule has 5 heteroatoms. The quantitative estimate of drug-likeness (QED) is 0.490. The van der Waals surface area contributed by atoms with Crippen LogP contribution in [0.2, 0.25) is 0 Å². The second-order valence-corrected chi connectivity index (χ2v) is 9.48. The fourth-order valence-corrected chi connectivity index (χ4v) is 3.81. The van der Waals surface area contributed by atoms with E-state index in [4.69, 9.17) is 9.47 Å². The summed E-state index contributed by atoms with van der Waals surface area (Å²) >= 11 is 0. The maximum Gasteiger partial charge on any atom is 0.311 e. The summed E-state index contributed by atoms with van der Waals surface area (Å²) in [6.07, 6.45) is 3.24. The monoisotopic (exact) mass is 386 g/mol. The predicted octanol–water partition coefficient (Wildman–Crippen LogP) is 4.75. The zero-order valence-corrected chi connectivity index (χ0v) is 18.8. The minimum atomic E-state index is -1.01. The van der Waals surface area contributed by atoms with Crippen molar-refractivity contribution in [2.45, 2.75) is 93.6 Å². The van der Waals surface area contributed by atoms with Crippen LogP contribution < -0.4 is 0 Å². The van der Waals surface area contributed by atoms with Gasteiger partial charge in [0.1, 0.15) is 19.3 Å². The van der Waals surface area contributed by atoms with Crippen LogP contribution in [-0.4, -0.2) is 36.4 Å². The van der Waals surface area contributed by atoms with Crippen molar-refractivity contribution in [2.75, 3.05) is 13.2 Å². The lowest BCUT2D eigenvalue weighted by molar-refractivity contribution is -0.162. The lowest BCUT2D eigenvalue weighted by atomic mass is 9.76. The smallest absolute Gasteiger partial charge is 0.311 e. The van der Waals surface area contributed by atoms with Gasteiger partial charge in [-0.2, -0.15) is 0 Å². The van der Waals surface area contributed by atoms with Crippen molar-refractivity contribution in [3.63, 3.8) is 0 Å². The fraction of sp³-hybridized carbons (Fsp3) is 0.909. The minimum absolute atomic E-state index is 0.0000521. The molecular formula is C22H42O5. The first-order valence-corrected chi connectivity index (χ1v) is 10.4. The number of carbonyl (C=O) groups excluding carboxylic acids is 2. The molecule has 0 heterocycles. The number of carbonyl (C=O) groups is 2. The molecule has 2 atom stereocenters. The molecule has 0 aromatic carbocycles. The summed E-state index contributed by atoms with van der Waals surface area (Å²) in [6.45, 7) is 15.8. The van der Waals surface area contributed by atoms with Crippen LogP contribution in [-0.2, 0) is 19.1 Å². The van der Waals surface area contributed by atoms with E-state index in [1.807, 2.05) is 13.8 Å². The molecule has 0 bridgehead atoms. The lowest BCUT2D eigenvalue weighted by Crippen LogP contribution is -2.35. The molecule has 0 aliphatic carbocycles. The highest BCUT2D eigenvalue weighted by atomic mass is 16.6. The largest absolute Gasteiger partial charge is 0.463 e. The third-order valence-corrected chi connectivity index (χ3v) is 4.87. The number of hydrogen-bond acceptors (Lipinski definition) is 5. The van der Waals surface area contributed by atoms with E-state index in [9.17, 15) is 14.7 Å². The van der Waals surface area contributed by atoms with Gasteiger partial charge in [-0.15, -0.1) is 0 Å². The van der Waals surface area contributed by atoms with Crippen molar-refractivity contribution in [2.24, 2.45) is 22.7 Å². The number of aliphatic hydroxyl groups excluding tert-OH is 1. The van der Waals surface area contributed by atoms with Crippen molar-refractivity contribution in [3.8, 4) is 0 Å². The number of aliphatic hydroxyl groups is 1. The molecule has 0 aromatic heterocycles. The minimum Gasteiger partial charge on any atom is -0.463 e. The first-order chi connectivity index (χ1) is 12.4. The van der Waals surface area contributed by atoms with E-state index in [2.05, 4.69) is 41.5 Å². The van der Waals surface area contributed by atoms with Gasteiger partial charge in [-0.25, -0.2) is 0 Å². The third-order valence-electron chi connectivity index (χ3n) is 4.87. The Hall–Kier alpha value is -1.10. The molecular weight excluding hydrogens is 344 g/mol. The number of rotatable bonds is 12. The standard InChI is InChI=1S/C22H42O5/c1-9-12-18(16(10-2)11-3)19(24)26-13-17(23)14-27-20(25)22(7,8)15-21(4,5)6/h16-18,23H,9-15H2,1-8H3. The van der Waals surface area contributed by atoms with Gasteiger partial charge in [0.2, 0.25) is 0 Å². The van der Waals surface area contributed by atoms with Gasteiger partial charge in [0.25, 0.3) is 0 Å². The van der Waals surface area contributed by atoms with Gasteiger partial charge in [-0.1, -0.05) is 60.8 Å². The molecule has 0 aromatic rings. The Morgan fingerprint density at radius 2 is 1.44 bits per heavy atom. The van der Waals surface area contributed by atoms with Gasteiger partial charge in [0.05, 0.1) is 11.3 Å². The molecule has 0 aliphatic rings. The molecule has 0 saturated heterocycles. The average Bonchev–Trinajstić information content (AvgIpc) is 2.55. The van der Waals surface area contributed by atoms with Crippen molar-refractivity contribution in [1.29, 1.82) is 0 Å². The van der Waals surface area contributed by atoms with E-state index in [1.165, 1.54) is 0 Å². The Bertz CT molecular complexity index is 446. The Morgan fingerprint density at radius 3 is 1.89 bits per heavy atom. The van der Waals surface area contributed by atoms with E-state index in [0.717, 1.165) is 25.7 Å². The molecule has 0 fully saturated rings. The molecule has 2 unspecified atom stereocenters. The van der Waals surface area contributed by atoms with E-state index >= 15 is 0 Å². The Balaban J connectivity index is 4.51. The van der Waals surface area contributed by atoms with Crippen LogP contribution in [0.5, 0.6) is 0 Å². The summed E-state index contributed by atoms with van der Waals surface area (Å²) in [6, 6.07) is 0. The van der Waals surface area contributed by atoms with E-state index in [0.29, 0.717) is 12.3 Å². The molecule has 0 rings (SSSR count). The molecule has 160 valence electrons. The van der Waals surface area contributed by atoms with E-state index in [1.54, 1.807) is 0 Å². The van der Waals surface area contributed by atoms with Crippen LogP contribution in [0.3, 0.4) is 0 Å². The highest BCUT2D eigenvalue weighted by Gasteiger charge is 2.34.